The SMILES string of the molecule is CCC1(C(Cc2ccc(C)cn2)NC)CCCC1. The highest BCUT2D eigenvalue weighted by molar-refractivity contribution is 5.14. The molecule has 1 aromatic rings. The molecule has 0 aromatic carbocycles. The molecule has 100 valence electrons. The van der Waals surface area contributed by atoms with Crippen molar-refractivity contribution in [1.29, 1.82) is 0 Å². The zero-order chi connectivity index (χ0) is 13.0. The highest BCUT2D eigenvalue weighted by Gasteiger charge is 2.38. The summed E-state index contributed by atoms with van der Waals surface area (Å²) in [6, 6.07) is 4.92. The molecule has 2 heteroatoms. The van der Waals surface area contributed by atoms with Crippen molar-refractivity contribution in [3.63, 3.8) is 0 Å². The number of nitrogens with zero attached hydrogens (tertiary/aromatic N) is 1. The Hall–Kier alpha value is -0.890. The monoisotopic (exact) mass is 246 g/mol. The predicted octanol–water partition coefficient (Wildman–Crippen LogP) is 3.49. The molecular formula is C16H26N2. The first-order chi connectivity index (χ1) is 8.70. The minimum atomic E-state index is 0.501. The van der Waals surface area contributed by atoms with E-state index in [-0.39, 0.29) is 0 Å². The molecule has 2 nitrogen and oxygen atoms in total. The van der Waals surface area contributed by atoms with Crippen molar-refractivity contribution in [3.8, 4) is 0 Å². The average molecular weight is 246 g/mol. The molecule has 1 unspecified atom stereocenters. The smallest absolute Gasteiger partial charge is 0.0419 e. The summed E-state index contributed by atoms with van der Waals surface area (Å²) in [5.41, 5.74) is 2.96. The summed E-state index contributed by atoms with van der Waals surface area (Å²) < 4.78 is 0. The van der Waals surface area contributed by atoms with E-state index < -0.39 is 0 Å². The molecule has 0 radical (unpaired) electrons. The minimum absolute atomic E-state index is 0.501. The van der Waals surface area contributed by atoms with Crippen molar-refractivity contribution in [1.82, 2.24) is 10.3 Å². The molecule has 1 heterocycles. The third-order valence-corrected chi connectivity index (χ3v) is 4.78. The molecule has 0 bridgehead atoms. The Labute approximate surface area is 111 Å². The van der Waals surface area contributed by atoms with Crippen LogP contribution in [-0.2, 0) is 6.42 Å². The van der Waals surface area contributed by atoms with E-state index in [2.05, 4.69) is 43.3 Å². The molecule has 0 aliphatic heterocycles. The van der Waals surface area contributed by atoms with Crippen LogP contribution in [0.1, 0.15) is 50.3 Å². The number of rotatable bonds is 5. The first kappa shape index (κ1) is 13.5. The van der Waals surface area contributed by atoms with Gasteiger partial charge in [-0.3, -0.25) is 4.98 Å². The topological polar surface area (TPSA) is 24.9 Å². The van der Waals surface area contributed by atoms with Crippen LogP contribution in [-0.4, -0.2) is 18.1 Å². The van der Waals surface area contributed by atoms with Gasteiger partial charge in [0.05, 0.1) is 0 Å². The van der Waals surface area contributed by atoms with E-state index in [9.17, 15) is 0 Å². The summed E-state index contributed by atoms with van der Waals surface area (Å²) in [4.78, 5) is 4.56. The molecule has 1 saturated carbocycles. The van der Waals surface area contributed by atoms with Crippen LogP contribution in [0.4, 0.5) is 0 Å². The van der Waals surface area contributed by atoms with Crippen LogP contribution in [0, 0.1) is 12.3 Å². The quantitative estimate of drug-likeness (QED) is 0.860. The Balaban J connectivity index is 2.11. The lowest BCUT2D eigenvalue weighted by molar-refractivity contribution is 0.191. The molecular weight excluding hydrogens is 220 g/mol. The van der Waals surface area contributed by atoms with Gasteiger partial charge in [-0.1, -0.05) is 25.8 Å². The maximum Gasteiger partial charge on any atom is 0.0419 e. The molecule has 0 spiro atoms. The zero-order valence-corrected chi connectivity index (χ0v) is 12.0. The Bertz CT molecular complexity index is 363. The summed E-state index contributed by atoms with van der Waals surface area (Å²) in [7, 11) is 2.11. The predicted molar refractivity (Wildman–Crippen MR) is 76.7 cm³/mol. The molecule has 0 saturated heterocycles. The molecule has 1 fully saturated rings. The Morgan fingerprint density at radius 2 is 2.06 bits per heavy atom. The standard InChI is InChI=1S/C16H26N2/c1-4-16(9-5-6-10-16)15(17-3)11-14-8-7-13(2)12-18-14/h7-8,12,15,17H,4-6,9-11H2,1-3H3. The lowest BCUT2D eigenvalue weighted by Gasteiger charge is -2.37. The number of pyridine rings is 1. The fourth-order valence-corrected chi connectivity index (χ4v) is 3.48. The van der Waals surface area contributed by atoms with Gasteiger partial charge < -0.3 is 5.32 Å². The molecule has 2 rings (SSSR count). The second-order valence-corrected chi connectivity index (χ2v) is 5.80. The maximum absolute atomic E-state index is 4.56. The van der Waals surface area contributed by atoms with Crippen molar-refractivity contribution < 1.29 is 0 Å². The van der Waals surface area contributed by atoms with Crippen molar-refractivity contribution in [2.75, 3.05) is 7.05 Å². The van der Waals surface area contributed by atoms with Gasteiger partial charge >= 0.3 is 0 Å². The van der Waals surface area contributed by atoms with E-state index in [0.29, 0.717) is 11.5 Å². The normalized spacial score (nSPS) is 19.9. The van der Waals surface area contributed by atoms with E-state index in [1.165, 1.54) is 43.4 Å². The van der Waals surface area contributed by atoms with E-state index in [1.807, 2.05) is 6.20 Å². The summed E-state index contributed by atoms with van der Waals surface area (Å²) in [6.07, 6.45) is 9.87. The van der Waals surface area contributed by atoms with Gasteiger partial charge in [0, 0.05) is 24.4 Å². The van der Waals surface area contributed by atoms with Crippen molar-refractivity contribution >= 4 is 0 Å². The van der Waals surface area contributed by atoms with Crippen molar-refractivity contribution in [2.24, 2.45) is 5.41 Å². The minimum Gasteiger partial charge on any atom is -0.316 e. The van der Waals surface area contributed by atoms with Gasteiger partial charge in [-0.25, -0.2) is 0 Å². The van der Waals surface area contributed by atoms with Crippen LogP contribution in [0.2, 0.25) is 0 Å². The number of hydrogen-bond donors (Lipinski definition) is 1. The van der Waals surface area contributed by atoms with E-state index in [0.717, 1.165) is 6.42 Å². The highest BCUT2D eigenvalue weighted by atomic mass is 14.9. The van der Waals surface area contributed by atoms with Gasteiger partial charge in [0.25, 0.3) is 0 Å². The van der Waals surface area contributed by atoms with Crippen LogP contribution >= 0.6 is 0 Å². The molecule has 1 aliphatic carbocycles. The Morgan fingerprint density at radius 3 is 2.56 bits per heavy atom. The summed E-state index contributed by atoms with van der Waals surface area (Å²) in [6.45, 7) is 4.44. The first-order valence-corrected chi connectivity index (χ1v) is 7.29. The fraction of sp³-hybridized carbons (Fsp3) is 0.688. The summed E-state index contributed by atoms with van der Waals surface area (Å²) in [5.74, 6) is 0. The number of hydrogen-bond acceptors (Lipinski definition) is 2. The molecule has 1 atom stereocenters. The van der Waals surface area contributed by atoms with Crippen LogP contribution in [0.3, 0.4) is 0 Å². The van der Waals surface area contributed by atoms with Crippen LogP contribution in [0.15, 0.2) is 18.3 Å². The molecule has 18 heavy (non-hydrogen) atoms. The molecule has 1 N–H and O–H groups in total. The van der Waals surface area contributed by atoms with Crippen LogP contribution in [0.5, 0.6) is 0 Å². The second-order valence-electron chi connectivity index (χ2n) is 5.80. The highest BCUT2D eigenvalue weighted by Crippen LogP contribution is 2.44. The van der Waals surface area contributed by atoms with Crippen LogP contribution < -0.4 is 5.32 Å². The van der Waals surface area contributed by atoms with E-state index in [4.69, 9.17) is 0 Å². The Morgan fingerprint density at radius 1 is 1.33 bits per heavy atom. The number of nitrogens with one attached hydrogen (secondary N) is 1. The fourth-order valence-electron chi connectivity index (χ4n) is 3.48. The van der Waals surface area contributed by atoms with Gasteiger partial charge in [0.2, 0.25) is 0 Å². The zero-order valence-electron chi connectivity index (χ0n) is 12.0. The first-order valence-electron chi connectivity index (χ1n) is 7.29. The number of likely N-dealkylation sites (N-methyl/N-ethyl adjacent to an activating group) is 1. The second kappa shape index (κ2) is 5.83. The largest absolute Gasteiger partial charge is 0.316 e. The van der Waals surface area contributed by atoms with Crippen molar-refractivity contribution in [2.45, 2.75) is 58.4 Å². The third-order valence-electron chi connectivity index (χ3n) is 4.78. The number of aromatic nitrogens is 1. The van der Waals surface area contributed by atoms with E-state index in [1.54, 1.807) is 0 Å². The van der Waals surface area contributed by atoms with Crippen LogP contribution in [0.25, 0.3) is 0 Å². The summed E-state index contributed by atoms with van der Waals surface area (Å²) >= 11 is 0. The lowest BCUT2D eigenvalue weighted by atomic mass is 9.74. The maximum atomic E-state index is 4.56. The van der Waals surface area contributed by atoms with Gasteiger partial charge in [-0.2, -0.15) is 0 Å². The third kappa shape index (κ3) is 2.74. The lowest BCUT2D eigenvalue weighted by Crippen LogP contribution is -2.43. The number of aryl methyl sites for hydroxylation is 1. The van der Waals surface area contributed by atoms with Gasteiger partial charge in [0.1, 0.15) is 0 Å². The van der Waals surface area contributed by atoms with E-state index >= 15 is 0 Å². The molecule has 0 amide bonds. The van der Waals surface area contributed by atoms with Gasteiger partial charge in [0.15, 0.2) is 0 Å². The van der Waals surface area contributed by atoms with Gasteiger partial charge in [-0.15, -0.1) is 0 Å². The Kier molecular flexibility index (Phi) is 4.39. The molecule has 1 aliphatic rings. The van der Waals surface area contributed by atoms with Gasteiger partial charge in [-0.05, 0) is 50.3 Å². The van der Waals surface area contributed by atoms with Crippen molar-refractivity contribution in [3.05, 3.63) is 29.6 Å². The summed E-state index contributed by atoms with van der Waals surface area (Å²) in [5, 5.41) is 3.56. The average Bonchev–Trinajstić information content (AvgIpc) is 2.88. The molecule has 1 aromatic heterocycles.